The topological polar surface area (TPSA) is 107 Å². The Morgan fingerprint density at radius 2 is 1.38 bits per heavy atom. The molecule has 0 aromatic heterocycles. The van der Waals surface area contributed by atoms with Gasteiger partial charge in [-0.25, -0.2) is 8.42 Å². The third kappa shape index (κ3) is 10.9. The molecule has 2 N–H and O–H groups in total. The van der Waals surface area contributed by atoms with Gasteiger partial charge in [0.2, 0.25) is 0 Å². The maximum absolute atomic E-state index is 13.3. The normalized spacial score (nSPS) is 14.7. The molecule has 42 heavy (non-hydrogen) atoms. The van der Waals surface area contributed by atoms with E-state index in [0.717, 1.165) is 12.1 Å². The summed E-state index contributed by atoms with van der Waals surface area (Å²) in [5.41, 5.74) is -4.07. The summed E-state index contributed by atoms with van der Waals surface area (Å²) in [6.45, 7) is 1.18. The third-order valence-corrected chi connectivity index (χ3v) is 8.09. The fourth-order valence-electron chi connectivity index (χ4n) is 3.76. The highest BCUT2D eigenvalue weighted by atomic mass is 32.2. The number of rotatable bonds is 16. The first-order valence-electron chi connectivity index (χ1n) is 12.6. The minimum atomic E-state index is -6.53. The zero-order valence-electron chi connectivity index (χ0n) is 22.3. The van der Waals surface area contributed by atoms with Gasteiger partial charge in [-0.2, -0.15) is 49.2 Å². The fraction of sp³-hybridized carbons (Fsp3) is 0.680. The lowest BCUT2D eigenvalue weighted by atomic mass is 9.96. The third-order valence-electron chi connectivity index (χ3n) is 6.35. The molecule has 0 aliphatic carbocycles. The lowest BCUT2D eigenvalue weighted by Gasteiger charge is -2.28. The van der Waals surface area contributed by atoms with Crippen molar-refractivity contribution < 1.29 is 62.2 Å². The van der Waals surface area contributed by atoms with Gasteiger partial charge < -0.3 is 10.4 Å². The number of aliphatic hydroxyl groups is 1. The molecule has 240 valence electrons. The van der Waals surface area contributed by atoms with Crippen molar-refractivity contribution in [2.75, 3.05) is 16.8 Å². The average Bonchev–Trinajstić information content (AvgIpc) is 2.85. The number of alkyl halides is 10. The maximum atomic E-state index is 13.3. The van der Waals surface area contributed by atoms with Crippen LogP contribution in [-0.4, -0.2) is 54.6 Å². The van der Waals surface area contributed by atoms with Crippen molar-refractivity contribution >= 4 is 21.4 Å². The van der Waals surface area contributed by atoms with E-state index in [-0.39, 0.29) is 18.5 Å². The minimum absolute atomic E-state index is 0.0240. The van der Waals surface area contributed by atoms with E-state index in [2.05, 4.69) is 5.32 Å². The van der Waals surface area contributed by atoms with Crippen molar-refractivity contribution in [1.29, 1.82) is 5.26 Å². The van der Waals surface area contributed by atoms with Crippen LogP contribution in [0.4, 0.5) is 49.6 Å². The highest BCUT2D eigenvalue weighted by Crippen LogP contribution is 2.48. The van der Waals surface area contributed by atoms with Gasteiger partial charge in [0.25, 0.3) is 5.91 Å². The van der Waals surface area contributed by atoms with Crippen molar-refractivity contribution in [3.63, 3.8) is 0 Å². The molecular formula is C25H30F10N2O4S. The van der Waals surface area contributed by atoms with Crippen molar-refractivity contribution in [3.8, 4) is 6.07 Å². The standard InChI is InChI=1S/C25H30F10N2O4S/c1-21(39,20(38)37-18-10-9-17(16-36)19(15-18)23(28,29)30)11-7-5-3-2-4-6-8-13-42(40,41)14-12-22(26,27)24(31,32)25(33,34)35/h9-10,15,39H,2-8,11-14H2,1H3,(H,37,38). The second-order valence-electron chi connectivity index (χ2n) is 10.0. The minimum Gasteiger partial charge on any atom is -0.380 e. The SMILES string of the molecule is CC(O)(CCCCCCCCCS(=O)(=O)CCC(F)(F)C(F)(F)C(F)(F)F)C(=O)Nc1ccc(C#N)c(C(F)(F)F)c1. The largest absolute Gasteiger partial charge is 0.459 e. The first kappa shape index (κ1) is 37.4. The Kier molecular flexibility index (Phi) is 12.7. The molecule has 6 nitrogen and oxygen atoms in total. The molecule has 0 bridgehead atoms. The second kappa shape index (κ2) is 14.2. The monoisotopic (exact) mass is 644 g/mol. The zero-order valence-corrected chi connectivity index (χ0v) is 23.1. The van der Waals surface area contributed by atoms with Crippen molar-refractivity contribution in [2.24, 2.45) is 0 Å². The Morgan fingerprint density at radius 1 is 0.857 bits per heavy atom. The molecule has 0 fully saturated rings. The number of carbonyl (C=O) groups is 1. The van der Waals surface area contributed by atoms with E-state index in [1.807, 2.05) is 0 Å². The lowest BCUT2D eigenvalue weighted by Crippen LogP contribution is -2.52. The first-order valence-corrected chi connectivity index (χ1v) is 14.5. The molecule has 1 aromatic carbocycles. The second-order valence-corrected chi connectivity index (χ2v) is 12.3. The number of nitriles is 1. The quantitative estimate of drug-likeness (QED) is 0.149. The fourth-order valence-corrected chi connectivity index (χ4v) is 5.17. The van der Waals surface area contributed by atoms with Gasteiger partial charge in [-0.1, -0.05) is 38.5 Å². The van der Waals surface area contributed by atoms with Crippen LogP contribution in [0.1, 0.15) is 75.8 Å². The van der Waals surface area contributed by atoms with Crippen molar-refractivity contribution in [1.82, 2.24) is 0 Å². The van der Waals surface area contributed by atoms with Crippen molar-refractivity contribution in [2.45, 2.75) is 94.5 Å². The van der Waals surface area contributed by atoms with Crippen LogP contribution < -0.4 is 5.32 Å². The first-order chi connectivity index (χ1) is 19.0. The van der Waals surface area contributed by atoms with Gasteiger partial charge in [0.05, 0.1) is 28.7 Å². The smallest absolute Gasteiger partial charge is 0.380 e. The highest BCUT2D eigenvalue weighted by Gasteiger charge is 2.72. The number of nitrogens with zero attached hydrogens (tertiary/aromatic N) is 1. The molecule has 1 atom stereocenters. The number of halogens is 10. The van der Waals surface area contributed by atoms with Crippen molar-refractivity contribution in [3.05, 3.63) is 29.3 Å². The summed E-state index contributed by atoms with van der Waals surface area (Å²) in [7, 11) is -4.30. The Hall–Kier alpha value is -2.61. The molecule has 17 heteroatoms. The van der Waals surface area contributed by atoms with Crippen LogP contribution in [0.3, 0.4) is 0 Å². The van der Waals surface area contributed by atoms with Crippen LogP contribution in [0.15, 0.2) is 18.2 Å². The Bertz CT molecular complexity index is 1210. The van der Waals surface area contributed by atoms with Gasteiger partial charge in [-0.05, 0) is 38.0 Å². The predicted molar refractivity (Wildman–Crippen MR) is 132 cm³/mol. The average molecular weight is 645 g/mol. The maximum Gasteiger partial charge on any atom is 0.459 e. The summed E-state index contributed by atoms with van der Waals surface area (Å²) < 4.78 is 152. The van der Waals surface area contributed by atoms with E-state index in [9.17, 15) is 62.2 Å². The van der Waals surface area contributed by atoms with Gasteiger partial charge in [-0.3, -0.25) is 4.79 Å². The molecule has 1 amide bonds. The Morgan fingerprint density at radius 3 is 1.88 bits per heavy atom. The van der Waals surface area contributed by atoms with E-state index < -0.39 is 74.6 Å². The van der Waals surface area contributed by atoms with E-state index >= 15 is 0 Å². The van der Waals surface area contributed by atoms with Gasteiger partial charge in [-0.15, -0.1) is 0 Å². The summed E-state index contributed by atoms with van der Waals surface area (Å²) in [4.78, 5) is 12.4. The molecule has 1 unspecified atom stereocenters. The van der Waals surface area contributed by atoms with Crippen LogP contribution in [-0.2, 0) is 20.8 Å². The molecule has 0 aliphatic heterocycles. The van der Waals surface area contributed by atoms with Gasteiger partial charge in [0.15, 0.2) is 9.84 Å². The number of hydrogen-bond acceptors (Lipinski definition) is 5. The summed E-state index contributed by atoms with van der Waals surface area (Å²) >= 11 is 0. The van der Waals surface area contributed by atoms with Gasteiger partial charge in [0, 0.05) is 12.1 Å². The Labute approximate surface area is 236 Å². The number of sulfone groups is 1. The van der Waals surface area contributed by atoms with Crippen LogP contribution >= 0.6 is 0 Å². The number of carbonyl (C=O) groups excluding carboxylic acids is 1. The summed E-state index contributed by atoms with van der Waals surface area (Å²) in [5.74, 6) is -15.1. The highest BCUT2D eigenvalue weighted by molar-refractivity contribution is 7.91. The molecule has 0 heterocycles. The van der Waals surface area contributed by atoms with Crippen LogP contribution in [0.2, 0.25) is 0 Å². The summed E-state index contributed by atoms with van der Waals surface area (Å²) in [6, 6.07) is 3.97. The van der Waals surface area contributed by atoms with Crippen LogP contribution in [0, 0.1) is 11.3 Å². The van der Waals surface area contributed by atoms with Crippen LogP contribution in [0.5, 0.6) is 0 Å². The zero-order chi connectivity index (χ0) is 32.6. The number of amides is 1. The molecular weight excluding hydrogens is 614 g/mol. The molecule has 0 spiro atoms. The molecule has 0 saturated heterocycles. The number of hydrogen-bond donors (Lipinski definition) is 2. The molecule has 0 aliphatic rings. The lowest BCUT2D eigenvalue weighted by molar-refractivity contribution is -0.354. The summed E-state index contributed by atoms with van der Waals surface area (Å²) in [5, 5.41) is 21.4. The predicted octanol–water partition coefficient (Wildman–Crippen LogP) is 7.03. The Balaban J connectivity index is 2.37. The molecule has 1 aromatic rings. The van der Waals surface area contributed by atoms with E-state index in [1.165, 1.54) is 13.0 Å². The number of benzene rings is 1. The van der Waals surface area contributed by atoms with E-state index in [1.54, 1.807) is 0 Å². The van der Waals surface area contributed by atoms with E-state index in [0.29, 0.717) is 44.6 Å². The molecule has 0 radical (unpaired) electrons. The van der Waals surface area contributed by atoms with Gasteiger partial charge in [0.1, 0.15) is 5.60 Å². The van der Waals surface area contributed by atoms with Gasteiger partial charge >= 0.3 is 24.2 Å². The van der Waals surface area contributed by atoms with Crippen LogP contribution in [0.25, 0.3) is 0 Å². The molecule has 0 saturated carbocycles. The summed E-state index contributed by atoms with van der Waals surface area (Å²) in [6.07, 6.45) is -10.8. The van der Waals surface area contributed by atoms with E-state index in [4.69, 9.17) is 5.26 Å². The number of anilines is 1. The molecule has 1 rings (SSSR count). The number of unbranched alkanes of at least 4 members (excludes halogenated alkanes) is 6. The number of nitrogens with one attached hydrogen (secondary N) is 1.